The van der Waals surface area contributed by atoms with Crippen LogP contribution in [0.15, 0.2) is 21.1 Å². The van der Waals surface area contributed by atoms with Crippen molar-refractivity contribution in [1.29, 1.82) is 0 Å². The van der Waals surface area contributed by atoms with Crippen molar-refractivity contribution in [2.75, 3.05) is 13.2 Å². The van der Waals surface area contributed by atoms with Crippen molar-refractivity contribution >= 4 is 31.9 Å². The Labute approximate surface area is 116 Å². The first-order valence-corrected chi connectivity index (χ1v) is 6.72. The summed E-state index contributed by atoms with van der Waals surface area (Å²) in [5.74, 6) is 0.727. The van der Waals surface area contributed by atoms with Crippen molar-refractivity contribution in [3.05, 3.63) is 26.6 Å². The summed E-state index contributed by atoms with van der Waals surface area (Å²) in [6, 6.07) is 3.71. The maximum atomic E-state index is 12.0. The Morgan fingerprint density at radius 3 is 2.35 bits per heavy atom. The molecule has 0 spiro atoms. The first-order chi connectivity index (χ1) is 8.04. The Kier molecular flexibility index (Phi) is 6.37. The quantitative estimate of drug-likeness (QED) is 0.815. The fourth-order valence-electron chi connectivity index (χ4n) is 1.32. The lowest BCUT2D eigenvalue weighted by Crippen LogP contribution is -2.20. The fourth-order valence-corrected chi connectivity index (χ4v) is 2.83. The molecule has 0 heterocycles. The minimum Gasteiger partial charge on any atom is -0.492 e. The molecular formula is C11H13Br2F2NO. The van der Waals surface area contributed by atoms with E-state index in [9.17, 15) is 8.78 Å². The molecule has 0 radical (unpaired) electrons. The summed E-state index contributed by atoms with van der Waals surface area (Å²) in [7, 11) is 0. The van der Waals surface area contributed by atoms with Gasteiger partial charge >= 0.3 is 0 Å². The van der Waals surface area contributed by atoms with Crippen LogP contribution < -0.4 is 10.1 Å². The first-order valence-electron chi connectivity index (χ1n) is 5.14. The molecule has 1 aromatic carbocycles. The van der Waals surface area contributed by atoms with Gasteiger partial charge < -0.3 is 10.1 Å². The summed E-state index contributed by atoms with van der Waals surface area (Å²) in [5, 5.41) is 2.67. The van der Waals surface area contributed by atoms with Crippen molar-refractivity contribution in [2.45, 2.75) is 19.9 Å². The van der Waals surface area contributed by atoms with Gasteiger partial charge in [-0.05, 0) is 56.5 Å². The Morgan fingerprint density at radius 2 is 1.88 bits per heavy atom. The third-order valence-electron chi connectivity index (χ3n) is 1.97. The SMILES string of the molecule is CCOc1c(Br)cc(CNCC(F)F)cc1Br. The molecule has 2 nitrogen and oxygen atoms in total. The zero-order valence-corrected chi connectivity index (χ0v) is 12.4. The van der Waals surface area contributed by atoms with Gasteiger partial charge in [0.25, 0.3) is 6.43 Å². The van der Waals surface area contributed by atoms with E-state index in [1.54, 1.807) is 0 Å². The van der Waals surface area contributed by atoms with Gasteiger partial charge in [0.1, 0.15) is 5.75 Å². The van der Waals surface area contributed by atoms with Crippen LogP contribution in [-0.2, 0) is 6.54 Å². The molecule has 1 aromatic rings. The number of alkyl halides is 2. The molecule has 0 bridgehead atoms. The van der Waals surface area contributed by atoms with Gasteiger partial charge in [-0.25, -0.2) is 8.78 Å². The Bertz CT molecular complexity index is 351. The van der Waals surface area contributed by atoms with Crippen molar-refractivity contribution < 1.29 is 13.5 Å². The minimum atomic E-state index is -2.33. The summed E-state index contributed by atoms with van der Waals surface area (Å²) in [6.45, 7) is 2.56. The topological polar surface area (TPSA) is 21.3 Å². The smallest absolute Gasteiger partial charge is 0.250 e. The normalized spacial score (nSPS) is 10.9. The van der Waals surface area contributed by atoms with E-state index in [-0.39, 0.29) is 6.54 Å². The van der Waals surface area contributed by atoms with Gasteiger partial charge in [0.15, 0.2) is 0 Å². The molecule has 0 aromatic heterocycles. The molecule has 96 valence electrons. The number of hydrogen-bond acceptors (Lipinski definition) is 2. The predicted molar refractivity (Wildman–Crippen MR) is 70.7 cm³/mol. The zero-order chi connectivity index (χ0) is 12.8. The molecule has 1 N–H and O–H groups in total. The van der Waals surface area contributed by atoms with Crippen LogP contribution in [0.4, 0.5) is 8.78 Å². The van der Waals surface area contributed by atoms with Crippen LogP contribution in [0.5, 0.6) is 5.75 Å². The van der Waals surface area contributed by atoms with Crippen LogP contribution in [-0.4, -0.2) is 19.6 Å². The number of ether oxygens (including phenoxy) is 1. The molecule has 6 heteroatoms. The van der Waals surface area contributed by atoms with Crippen molar-refractivity contribution in [1.82, 2.24) is 5.32 Å². The highest BCUT2D eigenvalue weighted by molar-refractivity contribution is 9.11. The van der Waals surface area contributed by atoms with Crippen LogP contribution in [0.1, 0.15) is 12.5 Å². The van der Waals surface area contributed by atoms with E-state index >= 15 is 0 Å². The molecule has 0 unspecified atom stereocenters. The highest BCUT2D eigenvalue weighted by atomic mass is 79.9. The second-order valence-corrected chi connectivity index (χ2v) is 5.05. The predicted octanol–water partition coefficient (Wildman–Crippen LogP) is 3.97. The van der Waals surface area contributed by atoms with Crippen molar-refractivity contribution in [2.24, 2.45) is 0 Å². The number of nitrogens with one attached hydrogen (secondary N) is 1. The molecular weight excluding hydrogens is 360 g/mol. The molecule has 0 aliphatic rings. The molecule has 0 aliphatic heterocycles. The van der Waals surface area contributed by atoms with Gasteiger partial charge in [-0.1, -0.05) is 0 Å². The average molecular weight is 373 g/mol. The highest BCUT2D eigenvalue weighted by Crippen LogP contribution is 2.34. The van der Waals surface area contributed by atoms with Gasteiger partial charge in [-0.15, -0.1) is 0 Å². The molecule has 0 aliphatic carbocycles. The number of halogens is 4. The summed E-state index contributed by atoms with van der Waals surface area (Å²) in [6.07, 6.45) is -2.33. The van der Waals surface area contributed by atoms with Gasteiger partial charge in [-0.2, -0.15) is 0 Å². The first kappa shape index (κ1) is 14.9. The Morgan fingerprint density at radius 1 is 1.29 bits per heavy atom. The number of benzene rings is 1. The monoisotopic (exact) mass is 371 g/mol. The number of rotatable bonds is 6. The molecule has 0 saturated carbocycles. The number of hydrogen-bond donors (Lipinski definition) is 1. The summed E-state index contributed by atoms with van der Waals surface area (Å²) >= 11 is 6.78. The molecule has 0 saturated heterocycles. The maximum Gasteiger partial charge on any atom is 0.250 e. The van der Waals surface area contributed by atoms with Gasteiger partial charge in [0, 0.05) is 6.54 Å². The fraction of sp³-hybridized carbons (Fsp3) is 0.455. The lowest BCUT2D eigenvalue weighted by Gasteiger charge is -2.11. The Hall–Kier alpha value is -0.200. The van der Waals surface area contributed by atoms with Gasteiger partial charge in [-0.3, -0.25) is 0 Å². The van der Waals surface area contributed by atoms with Crippen LogP contribution in [0.3, 0.4) is 0 Å². The average Bonchev–Trinajstić information content (AvgIpc) is 2.23. The molecule has 1 rings (SSSR count). The second kappa shape index (κ2) is 7.28. The Balaban J connectivity index is 2.69. The highest BCUT2D eigenvalue weighted by Gasteiger charge is 2.09. The third-order valence-corrected chi connectivity index (χ3v) is 3.15. The lowest BCUT2D eigenvalue weighted by atomic mass is 10.2. The summed E-state index contributed by atoms with van der Waals surface area (Å²) in [5.41, 5.74) is 0.910. The molecule has 17 heavy (non-hydrogen) atoms. The van der Waals surface area contributed by atoms with Gasteiger partial charge in [0.2, 0.25) is 0 Å². The lowest BCUT2D eigenvalue weighted by molar-refractivity contribution is 0.145. The van der Waals surface area contributed by atoms with Crippen LogP contribution >= 0.6 is 31.9 Å². The van der Waals surface area contributed by atoms with E-state index in [1.807, 2.05) is 19.1 Å². The van der Waals surface area contributed by atoms with Crippen LogP contribution in [0, 0.1) is 0 Å². The van der Waals surface area contributed by atoms with E-state index in [2.05, 4.69) is 37.2 Å². The second-order valence-electron chi connectivity index (χ2n) is 3.34. The van der Waals surface area contributed by atoms with Crippen LogP contribution in [0.2, 0.25) is 0 Å². The standard InChI is InChI=1S/C11H13Br2F2NO/c1-2-17-11-8(12)3-7(4-9(11)13)5-16-6-10(14)15/h3-4,10,16H,2,5-6H2,1H3. The van der Waals surface area contributed by atoms with Crippen molar-refractivity contribution in [3.63, 3.8) is 0 Å². The van der Waals surface area contributed by atoms with E-state index in [0.29, 0.717) is 13.2 Å². The van der Waals surface area contributed by atoms with E-state index in [0.717, 1.165) is 20.3 Å². The van der Waals surface area contributed by atoms with Gasteiger partial charge in [0.05, 0.1) is 22.1 Å². The minimum absolute atomic E-state index is 0.303. The van der Waals surface area contributed by atoms with E-state index in [4.69, 9.17) is 4.74 Å². The summed E-state index contributed by atoms with van der Waals surface area (Å²) in [4.78, 5) is 0. The largest absolute Gasteiger partial charge is 0.492 e. The zero-order valence-electron chi connectivity index (χ0n) is 9.27. The molecule has 0 amide bonds. The maximum absolute atomic E-state index is 12.0. The molecule has 0 atom stereocenters. The van der Waals surface area contributed by atoms with E-state index in [1.165, 1.54) is 0 Å². The summed E-state index contributed by atoms with van der Waals surface area (Å²) < 4.78 is 31.0. The molecule has 0 fully saturated rings. The van der Waals surface area contributed by atoms with Crippen molar-refractivity contribution in [3.8, 4) is 5.75 Å². The van der Waals surface area contributed by atoms with Crippen LogP contribution in [0.25, 0.3) is 0 Å². The third kappa shape index (κ3) is 4.89. The van der Waals surface area contributed by atoms with E-state index < -0.39 is 6.43 Å².